The molecule has 0 bridgehead atoms. The molecule has 3 nitrogen and oxygen atoms in total. The highest BCUT2D eigenvalue weighted by Gasteiger charge is 2.16. The molecule has 0 atom stereocenters. The van der Waals surface area contributed by atoms with Gasteiger partial charge in [0.25, 0.3) is 0 Å². The average Bonchev–Trinajstić information content (AvgIpc) is 3.27. The second kappa shape index (κ2) is 8.74. The van der Waals surface area contributed by atoms with Crippen molar-refractivity contribution < 1.29 is 4.74 Å². The van der Waals surface area contributed by atoms with Crippen molar-refractivity contribution in [1.29, 1.82) is 0 Å². The number of thiophene rings is 1. The zero-order valence-electron chi connectivity index (χ0n) is 18.2. The van der Waals surface area contributed by atoms with Gasteiger partial charge < -0.3 is 14.5 Å². The molecule has 5 rings (SSSR count). The van der Waals surface area contributed by atoms with Crippen LogP contribution in [0, 0.1) is 6.92 Å². The summed E-state index contributed by atoms with van der Waals surface area (Å²) in [6.45, 7) is 7.08. The first kappa shape index (κ1) is 20.1. The molecule has 0 unspecified atom stereocenters. The van der Waals surface area contributed by atoms with E-state index >= 15 is 0 Å². The first-order valence-corrected chi connectivity index (χ1v) is 11.8. The Morgan fingerprint density at radius 1 is 0.871 bits per heavy atom. The summed E-state index contributed by atoms with van der Waals surface area (Å²) in [6, 6.07) is 24.0. The lowest BCUT2D eigenvalue weighted by molar-refractivity contribution is 0.310. The normalized spacial score (nSPS) is 14.8. The summed E-state index contributed by atoms with van der Waals surface area (Å²) in [4.78, 5) is 6.13. The van der Waals surface area contributed by atoms with Gasteiger partial charge in [0, 0.05) is 42.1 Å². The number of rotatable bonds is 5. The molecule has 1 aliphatic heterocycles. The minimum atomic E-state index is 0.596. The third-order valence-electron chi connectivity index (χ3n) is 6.06. The van der Waals surface area contributed by atoms with Crippen LogP contribution in [-0.4, -0.2) is 38.1 Å². The molecule has 4 aromatic rings. The summed E-state index contributed by atoms with van der Waals surface area (Å²) in [5.41, 5.74) is 5.14. The van der Waals surface area contributed by atoms with Gasteiger partial charge >= 0.3 is 0 Å². The maximum atomic E-state index is 6.22. The molecule has 0 aliphatic carbocycles. The molecule has 0 spiro atoms. The second-order valence-electron chi connectivity index (χ2n) is 8.41. The summed E-state index contributed by atoms with van der Waals surface area (Å²) >= 11 is 1.76. The molecule has 1 fully saturated rings. The second-order valence-corrected chi connectivity index (χ2v) is 9.41. The molecule has 1 saturated heterocycles. The first-order chi connectivity index (χ1) is 15.2. The minimum absolute atomic E-state index is 0.596. The van der Waals surface area contributed by atoms with Gasteiger partial charge in [-0.2, -0.15) is 0 Å². The largest absolute Gasteiger partial charge is 0.488 e. The minimum Gasteiger partial charge on any atom is -0.488 e. The van der Waals surface area contributed by atoms with Crippen LogP contribution in [0.3, 0.4) is 0 Å². The highest BCUT2D eigenvalue weighted by atomic mass is 32.1. The van der Waals surface area contributed by atoms with Crippen LogP contribution >= 0.6 is 11.3 Å². The van der Waals surface area contributed by atoms with E-state index in [0.717, 1.165) is 31.9 Å². The Morgan fingerprint density at radius 3 is 2.55 bits per heavy atom. The maximum absolute atomic E-state index is 6.22. The van der Waals surface area contributed by atoms with Gasteiger partial charge in [-0.3, -0.25) is 0 Å². The number of fused-ring (bicyclic) bond motifs is 1. The van der Waals surface area contributed by atoms with Gasteiger partial charge in [0.2, 0.25) is 0 Å². The Hall–Kier alpha value is -2.82. The SMILES string of the molecule is Cc1cccc(-c2csc(COc3ccc4cccc(N5CCN(C)CC5)c4c3)c2)c1. The summed E-state index contributed by atoms with van der Waals surface area (Å²) in [7, 11) is 2.20. The average molecular weight is 429 g/mol. The molecule has 3 aromatic carbocycles. The number of likely N-dealkylation sites (N-methyl/N-ethyl adjacent to an activating group) is 1. The Bertz CT molecular complexity index is 1190. The zero-order valence-corrected chi connectivity index (χ0v) is 19.0. The molecule has 0 N–H and O–H groups in total. The highest BCUT2D eigenvalue weighted by molar-refractivity contribution is 7.10. The monoisotopic (exact) mass is 428 g/mol. The quantitative estimate of drug-likeness (QED) is 0.376. The fourth-order valence-corrected chi connectivity index (χ4v) is 5.04. The number of hydrogen-bond acceptors (Lipinski definition) is 4. The Balaban J connectivity index is 1.34. The third-order valence-corrected chi connectivity index (χ3v) is 6.97. The number of ether oxygens (including phenoxy) is 1. The standard InChI is InChI=1S/C27H28N2OS/c1-20-5-3-7-22(15-20)23-16-25(31-19-23)18-30-24-10-9-21-6-4-8-27(26(21)17-24)29-13-11-28(2)12-14-29/h3-10,15-17,19H,11-14,18H2,1-2H3. The van der Waals surface area contributed by atoms with E-state index in [1.54, 1.807) is 11.3 Å². The molecule has 0 radical (unpaired) electrons. The van der Waals surface area contributed by atoms with Gasteiger partial charge in [-0.25, -0.2) is 0 Å². The van der Waals surface area contributed by atoms with Crippen LogP contribution in [0.5, 0.6) is 5.75 Å². The number of hydrogen-bond donors (Lipinski definition) is 0. The Labute approximate surface area is 188 Å². The van der Waals surface area contributed by atoms with E-state index < -0.39 is 0 Å². The van der Waals surface area contributed by atoms with Gasteiger partial charge in [-0.05, 0) is 60.1 Å². The molecule has 4 heteroatoms. The van der Waals surface area contributed by atoms with E-state index in [2.05, 4.69) is 95.9 Å². The van der Waals surface area contributed by atoms with E-state index in [4.69, 9.17) is 4.74 Å². The fourth-order valence-electron chi connectivity index (χ4n) is 4.23. The maximum Gasteiger partial charge on any atom is 0.122 e. The lowest BCUT2D eigenvalue weighted by Crippen LogP contribution is -2.44. The number of nitrogens with zero attached hydrogens (tertiary/aromatic N) is 2. The first-order valence-electron chi connectivity index (χ1n) is 10.9. The lowest BCUT2D eigenvalue weighted by atomic mass is 10.1. The fraction of sp³-hybridized carbons (Fsp3) is 0.259. The summed E-state index contributed by atoms with van der Waals surface area (Å²) < 4.78 is 6.22. The lowest BCUT2D eigenvalue weighted by Gasteiger charge is -2.34. The van der Waals surface area contributed by atoms with Gasteiger partial charge in [0.15, 0.2) is 0 Å². The van der Waals surface area contributed by atoms with Gasteiger partial charge in [-0.15, -0.1) is 11.3 Å². The molecule has 1 aromatic heterocycles. The van der Waals surface area contributed by atoms with Crippen LogP contribution in [0.15, 0.2) is 72.1 Å². The molecule has 31 heavy (non-hydrogen) atoms. The van der Waals surface area contributed by atoms with Crippen molar-refractivity contribution in [3.05, 3.63) is 82.6 Å². The van der Waals surface area contributed by atoms with Crippen LogP contribution in [0.2, 0.25) is 0 Å². The van der Waals surface area contributed by atoms with Crippen molar-refractivity contribution >= 4 is 27.8 Å². The molecule has 2 heterocycles. The van der Waals surface area contributed by atoms with Gasteiger partial charge in [-0.1, -0.05) is 48.0 Å². The molecule has 158 valence electrons. The number of piperazine rings is 1. The Kier molecular flexibility index (Phi) is 5.66. The Morgan fingerprint density at radius 2 is 1.71 bits per heavy atom. The number of anilines is 1. The molecule has 1 aliphatic rings. The van der Waals surface area contributed by atoms with E-state index in [1.165, 1.54) is 38.0 Å². The van der Waals surface area contributed by atoms with Crippen molar-refractivity contribution in [2.75, 3.05) is 38.1 Å². The summed E-state index contributed by atoms with van der Waals surface area (Å²) in [5, 5.41) is 4.76. The van der Waals surface area contributed by atoms with Crippen LogP contribution in [0.4, 0.5) is 5.69 Å². The smallest absolute Gasteiger partial charge is 0.122 e. The summed E-state index contributed by atoms with van der Waals surface area (Å²) in [6.07, 6.45) is 0. The molecule has 0 saturated carbocycles. The van der Waals surface area contributed by atoms with Crippen molar-refractivity contribution in [2.24, 2.45) is 0 Å². The van der Waals surface area contributed by atoms with Crippen molar-refractivity contribution in [2.45, 2.75) is 13.5 Å². The van der Waals surface area contributed by atoms with Crippen LogP contribution in [0.25, 0.3) is 21.9 Å². The number of benzene rings is 3. The molecule has 0 amide bonds. The van der Waals surface area contributed by atoms with Crippen LogP contribution in [-0.2, 0) is 6.61 Å². The van der Waals surface area contributed by atoms with Crippen molar-refractivity contribution in [3.63, 3.8) is 0 Å². The van der Waals surface area contributed by atoms with E-state index in [1.807, 2.05) is 0 Å². The van der Waals surface area contributed by atoms with E-state index in [-0.39, 0.29) is 0 Å². The summed E-state index contributed by atoms with van der Waals surface area (Å²) in [5.74, 6) is 0.930. The number of aryl methyl sites for hydroxylation is 1. The molecular weight excluding hydrogens is 400 g/mol. The zero-order chi connectivity index (χ0) is 21.2. The molecular formula is C27H28N2OS. The third kappa shape index (κ3) is 4.46. The topological polar surface area (TPSA) is 15.7 Å². The van der Waals surface area contributed by atoms with Gasteiger partial charge in [0.05, 0.1) is 0 Å². The predicted molar refractivity (Wildman–Crippen MR) is 132 cm³/mol. The van der Waals surface area contributed by atoms with E-state index in [9.17, 15) is 0 Å². The van der Waals surface area contributed by atoms with Crippen LogP contribution in [0.1, 0.15) is 10.4 Å². The van der Waals surface area contributed by atoms with Crippen molar-refractivity contribution in [1.82, 2.24) is 4.90 Å². The van der Waals surface area contributed by atoms with Gasteiger partial charge in [0.1, 0.15) is 12.4 Å². The van der Waals surface area contributed by atoms with E-state index in [0.29, 0.717) is 6.61 Å². The van der Waals surface area contributed by atoms with Crippen molar-refractivity contribution in [3.8, 4) is 16.9 Å². The highest BCUT2D eigenvalue weighted by Crippen LogP contribution is 2.32. The van der Waals surface area contributed by atoms with Crippen LogP contribution < -0.4 is 9.64 Å². The predicted octanol–water partition coefficient (Wildman–Crippen LogP) is 6.21.